The van der Waals surface area contributed by atoms with E-state index in [1.165, 1.54) is 0 Å². The van der Waals surface area contributed by atoms with Crippen molar-refractivity contribution in [2.45, 2.75) is 95.7 Å². The molecule has 2 aliphatic rings. The topological polar surface area (TPSA) is 41.6 Å². The number of amides is 1. The maximum Gasteiger partial charge on any atom is 0.410 e. The average molecular weight is 336 g/mol. The van der Waals surface area contributed by atoms with Crippen LogP contribution in [0.3, 0.4) is 0 Å². The Kier molecular flexibility index (Phi) is 5.18. The van der Waals surface area contributed by atoms with E-state index in [0.29, 0.717) is 12.8 Å². The number of carbonyl (C=O) groups is 1. The molecule has 0 saturated carbocycles. The molecule has 23 heavy (non-hydrogen) atoms. The molecule has 2 saturated heterocycles. The first-order valence-corrected chi connectivity index (χ1v) is 8.29. The number of hydrogen-bond donors (Lipinski definition) is 1. The number of alkyl halides is 3. The number of fused-ring (bicyclic) bond motifs is 2. The third-order valence-corrected chi connectivity index (χ3v) is 4.40. The molecule has 2 bridgehead atoms. The van der Waals surface area contributed by atoms with Crippen LogP contribution in [-0.4, -0.2) is 46.9 Å². The van der Waals surface area contributed by atoms with Crippen molar-refractivity contribution in [3.05, 3.63) is 0 Å². The van der Waals surface area contributed by atoms with Crippen LogP contribution in [0.2, 0.25) is 0 Å². The van der Waals surface area contributed by atoms with Crippen LogP contribution in [0.5, 0.6) is 0 Å². The summed E-state index contributed by atoms with van der Waals surface area (Å²) in [4.78, 5) is 14.1. The Morgan fingerprint density at radius 1 is 1.22 bits per heavy atom. The Morgan fingerprint density at radius 3 is 2.17 bits per heavy atom. The highest BCUT2D eigenvalue weighted by atomic mass is 19.4. The highest BCUT2D eigenvalue weighted by molar-refractivity contribution is 5.69. The second-order valence-electron chi connectivity index (χ2n) is 7.83. The summed E-state index contributed by atoms with van der Waals surface area (Å²) in [5.41, 5.74) is -0.535. The minimum Gasteiger partial charge on any atom is -0.444 e. The minimum absolute atomic E-state index is 0.0311. The van der Waals surface area contributed by atoms with Gasteiger partial charge >= 0.3 is 12.3 Å². The van der Waals surface area contributed by atoms with Gasteiger partial charge in [0.15, 0.2) is 0 Å². The van der Waals surface area contributed by atoms with E-state index in [9.17, 15) is 18.0 Å². The number of hydrogen-bond acceptors (Lipinski definition) is 3. The van der Waals surface area contributed by atoms with Gasteiger partial charge in [0.05, 0.1) is 6.42 Å². The Bertz CT molecular complexity index is 420. The van der Waals surface area contributed by atoms with Gasteiger partial charge in [-0.2, -0.15) is 13.2 Å². The van der Waals surface area contributed by atoms with Crippen molar-refractivity contribution in [1.29, 1.82) is 0 Å². The SMILES string of the molecule is C[C@@H](CC(F)(F)F)NC1C[C@@H]2CC[C@@H](C1)N2C(=O)OC(C)(C)C. The molecule has 2 heterocycles. The molecule has 2 fully saturated rings. The van der Waals surface area contributed by atoms with Gasteiger partial charge in [0.1, 0.15) is 5.60 Å². The quantitative estimate of drug-likeness (QED) is 0.851. The van der Waals surface area contributed by atoms with Crippen LogP contribution in [0.4, 0.5) is 18.0 Å². The van der Waals surface area contributed by atoms with Gasteiger partial charge in [0.2, 0.25) is 0 Å². The summed E-state index contributed by atoms with van der Waals surface area (Å²) in [6.45, 7) is 7.06. The molecule has 0 unspecified atom stereocenters. The van der Waals surface area contributed by atoms with Gasteiger partial charge in [-0.05, 0) is 53.4 Å². The second kappa shape index (κ2) is 6.49. The van der Waals surface area contributed by atoms with Crippen molar-refractivity contribution >= 4 is 6.09 Å². The molecule has 0 aromatic rings. The summed E-state index contributed by atoms with van der Waals surface area (Å²) in [6.07, 6.45) is -2.09. The largest absolute Gasteiger partial charge is 0.444 e. The molecule has 0 aromatic carbocycles. The molecule has 134 valence electrons. The van der Waals surface area contributed by atoms with Crippen molar-refractivity contribution < 1.29 is 22.7 Å². The lowest BCUT2D eigenvalue weighted by Crippen LogP contribution is -2.54. The van der Waals surface area contributed by atoms with Crippen LogP contribution in [0.15, 0.2) is 0 Å². The van der Waals surface area contributed by atoms with Crippen molar-refractivity contribution in [2.75, 3.05) is 0 Å². The van der Waals surface area contributed by atoms with E-state index in [1.807, 2.05) is 20.8 Å². The van der Waals surface area contributed by atoms with Crippen molar-refractivity contribution in [3.8, 4) is 0 Å². The lowest BCUT2D eigenvalue weighted by molar-refractivity contribution is -0.139. The Morgan fingerprint density at radius 2 is 1.74 bits per heavy atom. The van der Waals surface area contributed by atoms with E-state index in [-0.39, 0.29) is 24.2 Å². The lowest BCUT2D eigenvalue weighted by Gasteiger charge is -2.40. The highest BCUT2D eigenvalue weighted by Crippen LogP contribution is 2.37. The molecular formula is C16H27F3N2O2. The maximum atomic E-state index is 12.4. The summed E-state index contributed by atoms with van der Waals surface area (Å²) in [5.74, 6) is 0. The monoisotopic (exact) mass is 336 g/mol. The zero-order valence-corrected chi connectivity index (χ0v) is 14.2. The van der Waals surface area contributed by atoms with E-state index in [4.69, 9.17) is 4.74 Å². The van der Waals surface area contributed by atoms with E-state index < -0.39 is 24.2 Å². The fourth-order valence-electron chi connectivity index (χ4n) is 3.73. The fourth-order valence-corrected chi connectivity index (χ4v) is 3.73. The van der Waals surface area contributed by atoms with Crippen LogP contribution in [-0.2, 0) is 4.74 Å². The number of halogens is 3. The smallest absolute Gasteiger partial charge is 0.410 e. The number of piperidine rings is 1. The second-order valence-corrected chi connectivity index (χ2v) is 7.83. The fraction of sp³-hybridized carbons (Fsp3) is 0.938. The van der Waals surface area contributed by atoms with Gasteiger partial charge < -0.3 is 15.0 Å². The zero-order chi connectivity index (χ0) is 17.4. The summed E-state index contributed by atoms with van der Waals surface area (Å²) in [6, 6.07) is -0.436. The molecule has 1 amide bonds. The third kappa shape index (κ3) is 5.26. The molecule has 0 aliphatic carbocycles. The number of ether oxygens (including phenoxy) is 1. The standard InChI is InChI=1S/C16H27F3N2O2/c1-10(9-16(17,18)19)20-11-7-12-5-6-13(8-11)21(12)14(22)23-15(2,3)4/h10-13,20H,5-9H2,1-4H3/t10-,12-,13-/m0/s1. The maximum absolute atomic E-state index is 12.4. The molecule has 0 spiro atoms. The van der Waals surface area contributed by atoms with Crippen molar-refractivity contribution in [3.63, 3.8) is 0 Å². The first kappa shape index (κ1) is 18.4. The van der Waals surface area contributed by atoms with Crippen LogP contribution in [0.25, 0.3) is 0 Å². The normalized spacial score (nSPS) is 29.5. The van der Waals surface area contributed by atoms with Gasteiger partial charge in [0.25, 0.3) is 0 Å². The minimum atomic E-state index is -4.15. The number of rotatable bonds is 3. The molecule has 3 atom stereocenters. The summed E-state index contributed by atoms with van der Waals surface area (Å²) >= 11 is 0. The van der Waals surface area contributed by atoms with Crippen molar-refractivity contribution in [1.82, 2.24) is 10.2 Å². The van der Waals surface area contributed by atoms with Gasteiger partial charge in [-0.3, -0.25) is 0 Å². The molecule has 0 radical (unpaired) electrons. The Balaban J connectivity index is 1.90. The molecule has 7 heteroatoms. The average Bonchev–Trinajstić information content (AvgIpc) is 2.57. The Hall–Kier alpha value is -0.980. The first-order valence-electron chi connectivity index (χ1n) is 8.29. The molecule has 2 rings (SSSR count). The molecule has 1 N–H and O–H groups in total. The van der Waals surface area contributed by atoms with Gasteiger partial charge in [-0.15, -0.1) is 0 Å². The van der Waals surface area contributed by atoms with E-state index in [1.54, 1.807) is 11.8 Å². The number of nitrogens with zero attached hydrogens (tertiary/aromatic N) is 1. The summed E-state index contributed by atoms with van der Waals surface area (Å²) in [7, 11) is 0. The predicted molar refractivity (Wildman–Crippen MR) is 81.2 cm³/mol. The Labute approximate surface area is 135 Å². The van der Waals surface area contributed by atoms with Crippen molar-refractivity contribution in [2.24, 2.45) is 0 Å². The molecule has 4 nitrogen and oxygen atoms in total. The number of nitrogens with one attached hydrogen (secondary N) is 1. The predicted octanol–water partition coefficient (Wildman–Crippen LogP) is 3.85. The zero-order valence-electron chi connectivity index (χ0n) is 14.2. The molecular weight excluding hydrogens is 309 g/mol. The first-order chi connectivity index (χ1) is 10.4. The van der Waals surface area contributed by atoms with Crippen LogP contribution in [0.1, 0.15) is 59.8 Å². The summed E-state index contributed by atoms with van der Waals surface area (Å²) in [5, 5.41) is 3.09. The van der Waals surface area contributed by atoms with E-state index in [2.05, 4.69) is 5.32 Å². The molecule has 0 aromatic heterocycles. The lowest BCUT2D eigenvalue weighted by atomic mass is 9.96. The van der Waals surface area contributed by atoms with Crippen LogP contribution < -0.4 is 5.32 Å². The van der Waals surface area contributed by atoms with Crippen LogP contribution in [0, 0.1) is 0 Å². The van der Waals surface area contributed by atoms with Crippen LogP contribution >= 0.6 is 0 Å². The van der Waals surface area contributed by atoms with E-state index in [0.717, 1.165) is 12.8 Å². The summed E-state index contributed by atoms with van der Waals surface area (Å²) < 4.78 is 42.8. The number of carbonyl (C=O) groups excluding carboxylic acids is 1. The molecule has 2 aliphatic heterocycles. The van der Waals surface area contributed by atoms with E-state index >= 15 is 0 Å². The van der Waals surface area contributed by atoms with Gasteiger partial charge in [0, 0.05) is 24.2 Å². The van der Waals surface area contributed by atoms with Gasteiger partial charge in [-0.1, -0.05) is 0 Å². The highest BCUT2D eigenvalue weighted by Gasteiger charge is 2.45. The van der Waals surface area contributed by atoms with Gasteiger partial charge in [-0.25, -0.2) is 4.79 Å². The third-order valence-electron chi connectivity index (χ3n) is 4.40.